The lowest BCUT2D eigenvalue weighted by atomic mass is 9.93. The first kappa shape index (κ1) is 40.2. The Labute approximate surface area is 271 Å². The fourth-order valence-electron chi connectivity index (χ4n) is 4.75. The molecule has 4 N–H and O–H groups in total. The smallest absolute Gasteiger partial charge is 0.345 e. The van der Waals surface area contributed by atoms with E-state index in [2.05, 4.69) is 30.7 Å². The van der Waals surface area contributed by atoms with Gasteiger partial charge in [0.05, 0.1) is 45.6 Å². The summed E-state index contributed by atoms with van der Waals surface area (Å²) in [6.45, 7) is 1.81. The van der Waals surface area contributed by atoms with Crippen LogP contribution in [0.4, 0.5) is 17.6 Å². The monoisotopic (exact) mass is 685 g/mol. The number of ether oxygens (including phenoxy) is 4. The minimum Gasteiger partial charge on any atom is -0.379 e. The van der Waals surface area contributed by atoms with Gasteiger partial charge >= 0.3 is 13.2 Å². The normalized spacial score (nSPS) is 20.9. The predicted molar refractivity (Wildman–Crippen MR) is 157 cm³/mol. The molecular weight excluding hydrogens is 638 g/mol. The summed E-state index contributed by atoms with van der Waals surface area (Å²) in [5.74, 6) is -4.38. The highest BCUT2D eigenvalue weighted by molar-refractivity contribution is 5.98. The lowest BCUT2D eigenvalue weighted by Gasteiger charge is -2.28. The summed E-state index contributed by atoms with van der Waals surface area (Å²) in [5, 5.41) is 9.43. The van der Waals surface area contributed by atoms with E-state index >= 15 is 0 Å². The van der Waals surface area contributed by atoms with E-state index in [1.165, 1.54) is 6.92 Å². The minimum atomic E-state index is -3.35. The average Bonchev–Trinajstić information content (AvgIpc) is 3.73. The molecule has 0 aromatic rings. The quantitative estimate of drug-likeness (QED) is 0.0964. The third-order valence-corrected chi connectivity index (χ3v) is 7.31. The second-order valence-corrected chi connectivity index (χ2v) is 12.5. The number of nitrogens with one attached hydrogen (secondary N) is 4. The van der Waals surface area contributed by atoms with E-state index in [9.17, 15) is 41.5 Å². The highest BCUT2D eigenvalue weighted by atomic mass is 19.3. The van der Waals surface area contributed by atoms with Crippen molar-refractivity contribution in [1.82, 2.24) is 26.2 Å². The summed E-state index contributed by atoms with van der Waals surface area (Å²) < 4.78 is 70.9. The second kappa shape index (κ2) is 19.2. The lowest BCUT2D eigenvalue weighted by Crippen LogP contribution is -2.60. The maximum Gasteiger partial charge on any atom is 0.345 e. The van der Waals surface area contributed by atoms with Gasteiger partial charge in [0.2, 0.25) is 23.6 Å². The summed E-state index contributed by atoms with van der Waals surface area (Å²) in [6, 6.07) is -5.97. The molecule has 2 aliphatic heterocycles. The zero-order valence-corrected chi connectivity index (χ0v) is 27.3. The van der Waals surface area contributed by atoms with Crippen LogP contribution in [0.1, 0.15) is 47.5 Å². The Morgan fingerprint density at radius 1 is 0.723 bits per heavy atom. The van der Waals surface area contributed by atoms with Gasteiger partial charge in [-0.15, -0.1) is 0 Å². The third-order valence-electron chi connectivity index (χ3n) is 7.31. The Kier molecular flexibility index (Phi) is 16.4. The van der Waals surface area contributed by atoms with Gasteiger partial charge in [-0.1, -0.05) is 27.7 Å². The summed E-state index contributed by atoms with van der Waals surface area (Å²) in [4.78, 5) is 67.3. The number of Topliss-reactive ketones (excluding diaryl/α,β-unsaturated/α-hetero) is 1. The maximum atomic E-state index is 13.3. The van der Waals surface area contributed by atoms with Crippen molar-refractivity contribution in [3.8, 4) is 0 Å². The summed E-state index contributed by atoms with van der Waals surface area (Å²) in [7, 11) is 0. The fraction of sp³-hybridized carbons (Fsp3) is 0.828. The van der Waals surface area contributed by atoms with E-state index in [-0.39, 0.29) is 37.8 Å². The van der Waals surface area contributed by atoms with Crippen molar-refractivity contribution in [2.24, 2.45) is 11.8 Å². The summed E-state index contributed by atoms with van der Waals surface area (Å²) in [6.07, 6.45) is 0.279. The number of carbonyl (C=O) groups excluding carboxylic acids is 5. The van der Waals surface area contributed by atoms with Gasteiger partial charge in [-0.2, -0.15) is 17.6 Å². The molecule has 0 bridgehead atoms. The van der Waals surface area contributed by atoms with Crippen LogP contribution in [-0.2, 0) is 42.9 Å². The van der Waals surface area contributed by atoms with E-state index < -0.39 is 85.6 Å². The number of hydrogen-bond acceptors (Lipinski definition) is 10. The number of carbonyl (C=O) groups is 5. The maximum absolute atomic E-state index is 13.3. The number of nitrogens with zero attached hydrogens (tertiary/aromatic N) is 1. The number of amides is 4. The molecule has 2 aliphatic rings. The van der Waals surface area contributed by atoms with E-state index in [4.69, 9.17) is 9.47 Å². The van der Waals surface area contributed by atoms with Gasteiger partial charge < -0.3 is 40.2 Å². The van der Waals surface area contributed by atoms with Gasteiger partial charge in [0.1, 0.15) is 23.7 Å². The molecule has 2 heterocycles. The zero-order chi connectivity index (χ0) is 35.3. The topological polar surface area (TPSA) is 177 Å². The Morgan fingerprint density at radius 2 is 1.15 bits per heavy atom. The molecule has 0 aromatic heterocycles. The SMILES string of the molecule is CC(C)C[C@H](NC(=O)CN1CCOCC1)C(=O)N[C@@H](COC(F)F)C(=O)N[C@@H](COC(F)F)C(=O)N[C@@H](CC(C)C)C(=O)[C@]1(C)CO1. The van der Waals surface area contributed by atoms with Crippen molar-refractivity contribution in [3.63, 3.8) is 0 Å². The van der Waals surface area contributed by atoms with Crippen molar-refractivity contribution in [2.75, 3.05) is 52.7 Å². The molecule has 2 saturated heterocycles. The molecule has 0 aromatic carbocycles. The van der Waals surface area contributed by atoms with Crippen molar-refractivity contribution in [2.45, 2.75) is 90.5 Å². The highest BCUT2D eigenvalue weighted by Crippen LogP contribution is 2.29. The van der Waals surface area contributed by atoms with Crippen LogP contribution < -0.4 is 21.3 Å². The van der Waals surface area contributed by atoms with Crippen LogP contribution in [0.15, 0.2) is 0 Å². The minimum absolute atomic E-state index is 0.0316. The summed E-state index contributed by atoms with van der Waals surface area (Å²) >= 11 is 0. The molecule has 0 spiro atoms. The molecule has 0 radical (unpaired) electrons. The second-order valence-electron chi connectivity index (χ2n) is 12.5. The van der Waals surface area contributed by atoms with Gasteiger partial charge in [0.25, 0.3) is 0 Å². The Hall–Kier alpha value is -2.93. The number of epoxide rings is 1. The lowest BCUT2D eigenvalue weighted by molar-refractivity contribution is -0.154. The molecular formula is C29H47F4N5O9. The van der Waals surface area contributed by atoms with Crippen LogP contribution in [-0.4, -0.2) is 130 Å². The first-order valence-corrected chi connectivity index (χ1v) is 15.5. The van der Waals surface area contributed by atoms with Crippen LogP contribution in [0.5, 0.6) is 0 Å². The molecule has 5 atom stereocenters. The highest BCUT2D eigenvalue weighted by Gasteiger charge is 2.50. The van der Waals surface area contributed by atoms with Gasteiger partial charge in [0, 0.05) is 13.1 Å². The predicted octanol–water partition coefficient (Wildman–Crippen LogP) is 0.186. The van der Waals surface area contributed by atoms with Crippen LogP contribution in [0.25, 0.3) is 0 Å². The summed E-state index contributed by atoms with van der Waals surface area (Å²) in [5.41, 5.74) is -1.13. The van der Waals surface area contributed by atoms with Gasteiger partial charge in [0.15, 0.2) is 5.78 Å². The van der Waals surface area contributed by atoms with Crippen LogP contribution in [0, 0.1) is 11.8 Å². The zero-order valence-electron chi connectivity index (χ0n) is 27.3. The van der Waals surface area contributed by atoms with Crippen molar-refractivity contribution in [1.29, 1.82) is 0 Å². The number of rotatable bonds is 21. The first-order valence-electron chi connectivity index (χ1n) is 15.5. The van der Waals surface area contributed by atoms with Crippen LogP contribution >= 0.6 is 0 Å². The van der Waals surface area contributed by atoms with Crippen LogP contribution in [0.3, 0.4) is 0 Å². The fourth-order valence-corrected chi connectivity index (χ4v) is 4.75. The molecule has 2 rings (SSSR count). The number of alkyl halides is 4. The average molecular weight is 686 g/mol. The molecule has 18 heteroatoms. The van der Waals surface area contributed by atoms with E-state index in [0.717, 1.165) is 0 Å². The first-order chi connectivity index (χ1) is 22.0. The molecule has 0 aliphatic carbocycles. The Balaban J connectivity index is 2.20. The third kappa shape index (κ3) is 14.8. The number of ketones is 1. The van der Waals surface area contributed by atoms with Crippen molar-refractivity contribution >= 4 is 29.4 Å². The molecule has 14 nitrogen and oxygen atoms in total. The van der Waals surface area contributed by atoms with Gasteiger partial charge in [-0.25, -0.2) is 0 Å². The van der Waals surface area contributed by atoms with Gasteiger partial charge in [-0.05, 0) is 31.6 Å². The standard InChI is InChI=1S/C29H47F4N5O9/c1-16(2)10-18(23(40)29(5)15-47-29)35-25(42)20(13-45-27(30)31)37-26(43)21(14-46-28(32)33)36-24(41)19(11-17(3)4)34-22(39)12-38-6-8-44-9-7-38/h16-21,27-28H,6-15H2,1-5H3,(H,34,39)(H,35,42)(H,36,41)(H,37,43)/t18-,19-,20-,21-,29-/m0/s1. The molecule has 2 fully saturated rings. The van der Waals surface area contributed by atoms with Crippen molar-refractivity contribution < 1.29 is 60.5 Å². The van der Waals surface area contributed by atoms with Crippen LogP contribution in [0.2, 0.25) is 0 Å². The molecule has 270 valence electrons. The molecule has 4 amide bonds. The molecule has 0 saturated carbocycles. The Morgan fingerprint density at radius 3 is 1.57 bits per heavy atom. The Bertz CT molecular complexity index is 1060. The largest absolute Gasteiger partial charge is 0.379 e. The van der Waals surface area contributed by atoms with Crippen molar-refractivity contribution in [3.05, 3.63) is 0 Å². The molecule has 0 unspecified atom stereocenters. The number of morpholine rings is 1. The van der Waals surface area contributed by atoms with Gasteiger partial charge in [-0.3, -0.25) is 28.9 Å². The van der Waals surface area contributed by atoms with E-state index in [1.54, 1.807) is 27.7 Å². The molecule has 47 heavy (non-hydrogen) atoms. The number of hydrogen-bond donors (Lipinski definition) is 4. The number of halogens is 4. The van der Waals surface area contributed by atoms with E-state index in [0.29, 0.717) is 26.3 Å². The van der Waals surface area contributed by atoms with E-state index in [1.807, 2.05) is 4.90 Å².